The van der Waals surface area contributed by atoms with Gasteiger partial charge in [0.25, 0.3) is 0 Å². The van der Waals surface area contributed by atoms with Gasteiger partial charge in [-0.15, -0.1) is 0 Å². The molecule has 0 bridgehead atoms. The van der Waals surface area contributed by atoms with E-state index in [0.717, 1.165) is 19.3 Å². The van der Waals surface area contributed by atoms with E-state index in [0.29, 0.717) is 19.3 Å². The summed E-state index contributed by atoms with van der Waals surface area (Å²) in [5.41, 5.74) is -1.13. The highest BCUT2D eigenvalue weighted by molar-refractivity contribution is 5.87. The Bertz CT molecular complexity index is 298. The Labute approximate surface area is 103 Å². The van der Waals surface area contributed by atoms with Crippen LogP contribution in [0.2, 0.25) is 0 Å². The summed E-state index contributed by atoms with van der Waals surface area (Å²) in [6.45, 7) is 5.92. The van der Waals surface area contributed by atoms with Crippen molar-refractivity contribution >= 4 is 11.9 Å². The molecule has 0 aromatic rings. The summed E-state index contributed by atoms with van der Waals surface area (Å²) in [5.74, 6) is -1.04. The highest BCUT2D eigenvalue weighted by atomic mass is 16.4. The number of rotatable bonds is 3. The van der Waals surface area contributed by atoms with Crippen LogP contribution in [-0.4, -0.2) is 22.5 Å². The fourth-order valence-electron chi connectivity index (χ4n) is 2.34. The lowest BCUT2D eigenvalue weighted by Gasteiger charge is -2.34. The molecule has 0 heterocycles. The zero-order valence-electron chi connectivity index (χ0n) is 11.0. The van der Waals surface area contributed by atoms with Crippen molar-refractivity contribution in [1.29, 1.82) is 0 Å². The molecule has 0 aliphatic heterocycles. The normalized spacial score (nSPS) is 19.7. The van der Waals surface area contributed by atoms with Crippen LogP contribution in [0.4, 0.5) is 0 Å². The summed E-state index contributed by atoms with van der Waals surface area (Å²) in [6, 6.07) is 0. The van der Waals surface area contributed by atoms with Gasteiger partial charge >= 0.3 is 5.97 Å². The zero-order valence-corrected chi connectivity index (χ0v) is 11.0. The average Bonchev–Trinajstić information content (AvgIpc) is 2.15. The molecule has 1 rings (SSSR count). The first-order valence-corrected chi connectivity index (χ1v) is 6.30. The topological polar surface area (TPSA) is 66.4 Å². The van der Waals surface area contributed by atoms with Crippen LogP contribution in [0.5, 0.6) is 0 Å². The van der Waals surface area contributed by atoms with Gasteiger partial charge in [0.05, 0.1) is 0 Å². The molecule has 2 N–H and O–H groups in total. The second-order valence-electron chi connectivity index (χ2n) is 6.23. The summed E-state index contributed by atoms with van der Waals surface area (Å²) >= 11 is 0. The fourth-order valence-corrected chi connectivity index (χ4v) is 2.34. The first kappa shape index (κ1) is 14.0. The van der Waals surface area contributed by atoms with Crippen LogP contribution in [0, 0.1) is 5.41 Å². The molecule has 4 nitrogen and oxygen atoms in total. The lowest BCUT2D eigenvalue weighted by molar-refractivity contribution is -0.149. The molecule has 0 aromatic carbocycles. The van der Waals surface area contributed by atoms with Gasteiger partial charge in [0.2, 0.25) is 5.91 Å². The van der Waals surface area contributed by atoms with Crippen LogP contribution in [0.25, 0.3) is 0 Å². The van der Waals surface area contributed by atoms with Crippen molar-refractivity contribution in [3.63, 3.8) is 0 Å². The van der Waals surface area contributed by atoms with Gasteiger partial charge in [-0.25, -0.2) is 4.79 Å². The predicted octanol–water partition coefficient (Wildman–Crippen LogP) is 2.33. The van der Waals surface area contributed by atoms with E-state index in [-0.39, 0.29) is 11.3 Å². The quantitative estimate of drug-likeness (QED) is 0.797. The second-order valence-corrected chi connectivity index (χ2v) is 6.23. The molecule has 1 saturated carbocycles. The maximum Gasteiger partial charge on any atom is 0.329 e. The molecule has 0 unspecified atom stereocenters. The first-order chi connectivity index (χ1) is 7.75. The Morgan fingerprint density at radius 1 is 1.18 bits per heavy atom. The van der Waals surface area contributed by atoms with E-state index in [2.05, 4.69) is 5.32 Å². The maximum atomic E-state index is 11.9. The van der Waals surface area contributed by atoms with E-state index in [1.165, 1.54) is 0 Å². The molecule has 0 aromatic heterocycles. The maximum absolute atomic E-state index is 11.9. The third-order valence-electron chi connectivity index (χ3n) is 3.19. The number of carbonyl (C=O) groups excluding carboxylic acids is 1. The molecular weight excluding hydrogens is 218 g/mol. The number of amides is 1. The van der Waals surface area contributed by atoms with Gasteiger partial charge in [0.15, 0.2) is 0 Å². The molecule has 1 amide bonds. The minimum Gasteiger partial charge on any atom is -0.480 e. The average molecular weight is 241 g/mol. The molecule has 1 fully saturated rings. The number of carboxylic acids is 1. The molecule has 4 heteroatoms. The van der Waals surface area contributed by atoms with Crippen LogP contribution in [0.1, 0.15) is 59.3 Å². The van der Waals surface area contributed by atoms with Crippen molar-refractivity contribution in [2.45, 2.75) is 64.8 Å². The third kappa shape index (κ3) is 4.02. The summed E-state index contributed by atoms with van der Waals surface area (Å²) < 4.78 is 0. The van der Waals surface area contributed by atoms with Crippen LogP contribution >= 0.6 is 0 Å². The van der Waals surface area contributed by atoms with Crippen LogP contribution in [0.15, 0.2) is 0 Å². The second kappa shape index (κ2) is 5.07. The van der Waals surface area contributed by atoms with Crippen molar-refractivity contribution < 1.29 is 14.7 Å². The number of hydrogen-bond donors (Lipinski definition) is 2. The van der Waals surface area contributed by atoms with Gasteiger partial charge in [0, 0.05) is 6.42 Å². The molecule has 17 heavy (non-hydrogen) atoms. The summed E-state index contributed by atoms with van der Waals surface area (Å²) in [5, 5.41) is 12.1. The molecular formula is C13H23NO3. The zero-order chi connectivity index (χ0) is 13.1. The molecule has 0 spiro atoms. The Kier molecular flexibility index (Phi) is 4.17. The van der Waals surface area contributed by atoms with E-state index in [4.69, 9.17) is 0 Å². The van der Waals surface area contributed by atoms with Gasteiger partial charge in [-0.05, 0) is 18.3 Å². The predicted molar refractivity (Wildman–Crippen MR) is 65.7 cm³/mol. The SMILES string of the molecule is CC(C)(C)CC(=O)NC1(C(=O)O)CCCCC1. The standard InChI is InChI=1S/C13H23NO3/c1-12(2,3)9-10(15)14-13(11(16)17)7-5-4-6-8-13/h4-9H2,1-3H3,(H,14,15)(H,16,17). The van der Waals surface area contributed by atoms with E-state index >= 15 is 0 Å². The Morgan fingerprint density at radius 3 is 2.12 bits per heavy atom. The number of hydrogen-bond acceptors (Lipinski definition) is 2. The van der Waals surface area contributed by atoms with Crippen molar-refractivity contribution in [2.75, 3.05) is 0 Å². The van der Waals surface area contributed by atoms with Crippen molar-refractivity contribution in [2.24, 2.45) is 5.41 Å². The molecule has 0 saturated heterocycles. The smallest absolute Gasteiger partial charge is 0.329 e. The summed E-state index contributed by atoms with van der Waals surface area (Å²) in [4.78, 5) is 23.2. The molecule has 1 aliphatic rings. The molecule has 0 atom stereocenters. The van der Waals surface area contributed by atoms with Gasteiger partial charge in [-0.1, -0.05) is 40.0 Å². The number of carboxylic acid groups (broad SMARTS) is 1. The molecule has 1 aliphatic carbocycles. The Balaban J connectivity index is 2.67. The van der Waals surface area contributed by atoms with Gasteiger partial charge < -0.3 is 10.4 Å². The van der Waals surface area contributed by atoms with Crippen LogP contribution in [-0.2, 0) is 9.59 Å². The summed E-state index contributed by atoms with van der Waals surface area (Å²) in [7, 11) is 0. The first-order valence-electron chi connectivity index (χ1n) is 6.30. The largest absolute Gasteiger partial charge is 0.480 e. The van der Waals surface area contributed by atoms with Crippen molar-refractivity contribution in [1.82, 2.24) is 5.32 Å². The number of nitrogens with one attached hydrogen (secondary N) is 1. The van der Waals surface area contributed by atoms with Gasteiger partial charge in [-0.2, -0.15) is 0 Å². The number of aliphatic carboxylic acids is 1. The third-order valence-corrected chi connectivity index (χ3v) is 3.19. The van der Waals surface area contributed by atoms with Gasteiger partial charge in [0.1, 0.15) is 5.54 Å². The highest BCUT2D eigenvalue weighted by Gasteiger charge is 2.41. The van der Waals surface area contributed by atoms with Crippen LogP contribution in [0.3, 0.4) is 0 Å². The fraction of sp³-hybridized carbons (Fsp3) is 0.846. The van der Waals surface area contributed by atoms with Gasteiger partial charge in [-0.3, -0.25) is 4.79 Å². The lowest BCUT2D eigenvalue weighted by atomic mass is 9.81. The molecule has 98 valence electrons. The Hall–Kier alpha value is -1.06. The minimum absolute atomic E-state index is 0.113. The van der Waals surface area contributed by atoms with E-state index in [9.17, 15) is 14.7 Å². The minimum atomic E-state index is -1.01. The van der Waals surface area contributed by atoms with E-state index in [1.54, 1.807) is 0 Å². The van der Waals surface area contributed by atoms with Crippen molar-refractivity contribution in [3.8, 4) is 0 Å². The van der Waals surface area contributed by atoms with E-state index in [1.807, 2.05) is 20.8 Å². The number of carbonyl (C=O) groups is 2. The van der Waals surface area contributed by atoms with Crippen LogP contribution < -0.4 is 5.32 Å². The van der Waals surface area contributed by atoms with Crippen molar-refractivity contribution in [3.05, 3.63) is 0 Å². The lowest BCUT2D eigenvalue weighted by Crippen LogP contribution is -2.56. The van der Waals surface area contributed by atoms with E-state index < -0.39 is 11.5 Å². The Morgan fingerprint density at radius 2 is 1.71 bits per heavy atom. The highest BCUT2D eigenvalue weighted by Crippen LogP contribution is 2.29. The monoisotopic (exact) mass is 241 g/mol. The summed E-state index contributed by atoms with van der Waals surface area (Å²) in [6.07, 6.45) is 4.28. The molecule has 0 radical (unpaired) electrons.